The lowest BCUT2D eigenvalue weighted by molar-refractivity contribution is -0.274. The maximum absolute atomic E-state index is 12.2. The van der Waals surface area contributed by atoms with Crippen molar-refractivity contribution in [3.05, 3.63) is 59.7 Å². The number of anilines is 1. The molecule has 1 aliphatic carbocycles. The van der Waals surface area contributed by atoms with Crippen molar-refractivity contribution in [1.29, 1.82) is 0 Å². The van der Waals surface area contributed by atoms with Crippen LogP contribution in [0.2, 0.25) is 0 Å². The molecule has 2 aromatic rings. The number of ether oxygens (including phenoxy) is 1. The summed E-state index contributed by atoms with van der Waals surface area (Å²) >= 11 is 0. The molecule has 0 bridgehead atoms. The summed E-state index contributed by atoms with van der Waals surface area (Å²) in [6, 6.07) is 12.5. The Morgan fingerprint density at radius 2 is 1.80 bits per heavy atom. The topological polar surface area (TPSA) is 50.4 Å². The fraction of sp³-hybridized carbons (Fsp3) is 0.278. The zero-order valence-electron chi connectivity index (χ0n) is 13.3. The highest BCUT2D eigenvalue weighted by atomic mass is 19.4. The standard InChI is InChI=1S/C18H17F3N2O2/c19-18(20,21)25-14-10-8-13(9-11-14)22-17(24)23-16-7-3-5-12-4-1-2-6-15(12)16/h1-2,4,6,8-11,16H,3,5,7H2,(H2,22,23,24)/t16-/m0/s1. The highest BCUT2D eigenvalue weighted by molar-refractivity contribution is 5.89. The third-order valence-electron chi connectivity index (χ3n) is 4.02. The molecule has 2 aromatic carbocycles. The zero-order valence-corrected chi connectivity index (χ0v) is 13.3. The van der Waals surface area contributed by atoms with Gasteiger partial charge >= 0.3 is 12.4 Å². The van der Waals surface area contributed by atoms with E-state index in [1.54, 1.807) is 0 Å². The van der Waals surface area contributed by atoms with E-state index in [4.69, 9.17) is 0 Å². The van der Waals surface area contributed by atoms with Crippen LogP contribution in [0.1, 0.15) is 30.0 Å². The van der Waals surface area contributed by atoms with Crippen molar-refractivity contribution in [3.63, 3.8) is 0 Å². The van der Waals surface area contributed by atoms with Gasteiger partial charge in [0.2, 0.25) is 0 Å². The number of fused-ring (bicyclic) bond motifs is 1. The van der Waals surface area contributed by atoms with Crippen LogP contribution in [0.3, 0.4) is 0 Å². The number of aryl methyl sites for hydroxylation is 1. The third-order valence-corrected chi connectivity index (χ3v) is 4.02. The van der Waals surface area contributed by atoms with Gasteiger partial charge in [-0.3, -0.25) is 0 Å². The Morgan fingerprint density at radius 3 is 2.52 bits per heavy atom. The van der Waals surface area contributed by atoms with Gasteiger partial charge in [0, 0.05) is 5.69 Å². The molecule has 0 fully saturated rings. The molecule has 4 nitrogen and oxygen atoms in total. The number of halogens is 3. The quantitative estimate of drug-likeness (QED) is 0.837. The minimum Gasteiger partial charge on any atom is -0.406 e. The van der Waals surface area contributed by atoms with E-state index >= 15 is 0 Å². The molecule has 2 amide bonds. The number of carbonyl (C=O) groups excluding carboxylic acids is 1. The van der Waals surface area contributed by atoms with Gasteiger partial charge in [-0.1, -0.05) is 24.3 Å². The number of rotatable bonds is 3. The number of amides is 2. The van der Waals surface area contributed by atoms with Crippen LogP contribution in [-0.4, -0.2) is 12.4 Å². The van der Waals surface area contributed by atoms with Crippen molar-refractivity contribution in [2.75, 3.05) is 5.32 Å². The van der Waals surface area contributed by atoms with Crippen molar-refractivity contribution in [2.45, 2.75) is 31.7 Å². The van der Waals surface area contributed by atoms with Gasteiger partial charge < -0.3 is 15.4 Å². The van der Waals surface area contributed by atoms with Gasteiger partial charge in [-0.2, -0.15) is 0 Å². The van der Waals surface area contributed by atoms with Crippen molar-refractivity contribution >= 4 is 11.7 Å². The van der Waals surface area contributed by atoms with Crippen LogP contribution in [-0.2, 0) is 6.42 Å². The summed E-state index contributed by atoms with van der Waals surface area (Å²) in [5, 5.41) is 5.54. The molecule has 0 unspecified atom stereocenters. The van der Waals surface area contributed by atoms with E-state index in [9.17, 15) is 18.0 Å². The molecular weight excluding hydrogens is 333 g/mol. The van der Waals surface area contributed by atoms with E-state index in [-0.39, 0.29) is 11.8 Å². The fourth-order valence-corrected chi connectivity index (χ4v) is 2.97. The molecule has 0 aliphatic heterocycles. The Hall–Kier alpha value is -2.70. The number of nitrogens with one attached hydrogen (secondary N) is 2. The highest BCUT2D eigenvalue weighted by Crippen LogP contribution is 2.29. The molecular formula is C18H17F3N2O2. The molecule has 0 saturated heterocycles. The molecule has 0 spiro atoms. The van der Waals surface area contributed by atoms with Crippen molar-refractivity contribution in [1.82, 2.24) is 5.32 Å². The van der Waals surface area contributed by atoms with Gasteiger partial charge in [-0.15, -0.1) is 13.2 Å². The van der Waals surface area contributed by atoms with Crippen LogP contribution in [0.15, 0.2) is 48.5 Å². The number of benzene rings is 2. The molecule has 132 valence electrons. The SMILES string of the molecule is O=C(Nc1ccc(OC(F)(F)F)cc1)N[C@H]1CCCc2ccccc21. The summed E-state index contributed by atoms with van der Waals surface area (Å²) in [5.41, 5.74) is 2.72. The summed E-state index contributed by atoms with van der Waals surface area (Å²) < 4.78 is 40.2. The maximum Gasteiger partial charge on any atom is 0.573 e. The Labute approximate surface area is 143 Å². The number of carbonyl (C=O) groups is 1. The maximum atomic E-state index is 12.2. The third kappa shape index (κ3) is 4.65. The number of alkyl halides is 3. The van der Waals surface area contributed by atoms with Gasteiger partial charge in [0.05, 0.1) is 6.04 Å². The Bertz CT molecular complexity index is 745. The second kappa shape index (κ2) is 7.04. The summed E-state index contributed by atoms with van der Waals surface area (Å²) in [5.74, 6) is -0.334. The number of urea groups is 1. The number of hydrogen-bond acceptors (Lipinski definition) is 2. The smallest absolute Gasteiger partial charge is 0.406 e. The van der Waals surface area contributed by atoms with Crippen LogP contribution < -0.4 is 15.4 Å². The molecule has 0 radical (unpaired) electrons. The normalized spacial score (nSPS) is 16.7. The monoisotopic (exact) mass is 350 g/mol. The first kappa shape index (κ1) is 17.1. The van der Waals surface area contributed by atoms with E-state index in [1.165, 1.54) is 17.7 Å². The lowest BCUT2D eigenvalue weighted by Crippen LogP contribution is -2.34. The Morgan fingerprint density at radius 1 is 1.08 bits per heavy atom. The minimum absolute atomic E-state index is 0.0715. The van der Waals surface area contributed by atoms with E-state index in [2.05, 4.69) is 21.4 Å². The minimum atomic E-state index is -4.74. The van der Waals surface area contributed by atoms with Crippen LogP contribution in [0, 0.1) is 0 Å². The molecule has 25 heavy (non-hydrogen) atoms. The molecule has 1 atom stereocenters. The van der Waals surface area contributed by atoms with Gasteiger partial charge in [0.25, 0.3) is 0 Å². The molecule has 7 heteroatoms. The first-order chi connectivity index (χ1) is 11.9. The largest absolute Gasteiger partial charge is 0.573 e. The molecule has 1 aliphatic rings. The summed E-state index contributed by atoms with van der Waals surface area (Å²) in [6.07, 6.45) is -1.90. The molecule has 3 rings (SSSR count). The predicted octanol–water partition coefficient (Wildman–Crippen LogP) is 4.78. The van der Waals surface area contributed by atoms with E-state index < -0.39 is 12.4 Å². The molecule has 0 aromatic heterocycles. The first-order valence-electron chi connectivity index (χ1n) is 7.92. The average molecular weight is 350 g/mol. The molecule has 2 N–H and O–H groups in total. The Balaban J connectivity index is 1.60. The first-order valence-corrected chi connectivity index (χ1v) is 7.92. The second-order valence-corrected chi connectivity index (χ2v) is 5.81. The van der Waals surface area contributed by atoms with E-state index in [0.717, 1.165) is 37.0 Å². The Kier molecular flexibility index (Phi) is 4.83. The average Bonchev–Trinajstić information content (AvgIpc) is 2.56. The summed E-state index contributed by atoms with van der Waals surface area (Å²) in [4.78, 5) is 12.2. The van der Waals surface area contributed by atoms with E-state index in [1.807, 2.05) is 18.2 Å². The highest BCUT2D eigenvalue weighted by Gasteiger charge is 2.31. The lowest BCUT2D eigenvalue weighted by Gasteiger charge is -2.26. The number of hydrogen-bond donors (Lipinski definition) is 2. The fourth-order valence-electron chi connectivity index (χ4n) is 2.97. The van der Waals surface area contributed by atoms with Crippen molar-refractivity contribution in [3.8, 4) is 5.75 Å². The lowest BCUT2D eigenvalue weighted by atomic mass is 9.88. The predicted molar refractivity (Wildman–Crippen MR) is 87.4 cm³/mol. The van der Waals surface area contributed by atoms with E-state index in [0.29, 0.717) is 5.69 Å². The molecule has 0 heterocycles. The van der Waals surface area contributed by atoms with Gasteiger partial charge in [0.1, 0.15) is 5.75 Å². The van der Waals surface area contributed by atoms with Crippen molar-refractivity contribution in [2.24, 2.45) is 0 Å². The van der Waals surface area contributed by atoms with Crippen LogP contribution >= 0.6 is 0 Å². The molecule has 0 saturated carbocycles. The van der Waals surface area contributed by atoms with Crippen LogP contribution in [0.4, 0.5) is 23.7 Å². The summed E-state index contributed by atoms with van der Waals surface area (Å²) in [6.45, 7) is 0. The van der Waals surface area contributed by atoms with Crippen molar-refractivity contribution < 1.29 is 22.7 Å². The van der Waals surface area contributed by atoms with Gasteiger partial charge in [-0.25, -0.2) is 4.79 Å². The van der Waals surface area contributed by atoms with Crippen LogP contribution in [0.5, 0.6) is 5.75 Å². The van der Waals surface area contributed by atoms with Crippen LogP contribution in [0.25, 0.3) is 0 Å². The summed E-state index contributed by atoms with van der Waals surface area (Å²) in [7, 11) is 0. The zero-order chi connectivity index (χ0) is 17.9. The van der Waals surface area contributed by atoms with Gasteiger partial charge in [0.15, 0.2) is 0 Å². The second-order valence-electron chi connectivity index (χ2n) is 5.81. The van der Waals surface area contributed by atoms with Gasteiger partial charge in [-0.05, 0) is 54.7 Å².